The van der Waals surface area contributed by atoms with Gasteiger partial charge in [-0.15, -0.1) is 11.3 Å². The molecule has 2 heterocycles. The molecule has 0 atom stereocenters. The maximum atomic E-state index is 3.29. The van der Waals surface area contributed by atoms with E-state index in [4.69, 9.17) is 0 Å². The molecule has 3 aromatic rings. The molecule has 3 rings (SSSR count). The predicted molar refractivity (Wildman–Crippen MR) is 58.4 cm³/mol. The van der Waals surface area contributed by atoms with E-state index in [1.54, 1.807) is 0 Å². The van der Waals surface area contributed by atoms with Crippen LogP contribution in [0.15, 0.2) is 30.5 Å². The van der Waals surface area contributed by atoms with E-state index in [0.717, 1.165) is 0 Å². The molecule has 13 heavy (non-hydrogen) atoms. The molecule has 0 aliphatic heterocycles. The minimum atomic E-state index is 1.29. The number of aromatic nitrogens is 1. The van der Waals surface area contributed by atoms with E-state index < -0.39 is 0 Å². The van der Waals surface area contributed by atoms with E-state index in [2.05, 4.69) is 36.2 Å². The van der Waals surface area contributed by atoms with Gasteiger partial charge in [0.05, 0.1) is 10.2 Å². The molecule has 1 aromatic carbocycles. The number of rotatable bonds is 0. The molecule has 0 unspecified atom stereocenters. The lowest BCUT2D eigenvalue weighted by Crippen LogP contribution is -1.72. The van der Waals surface area contributed by atoms with E-state index >= 15 is 0 Å². The van der Waals surface area contributed by atoms with Crippen molar-refractivity contribution in [3.63, 3.8) is 0 Å². The maximum absolute atomic E-state index is 3.29. The van der Waals surface area contributed by atoms with Gasteiger partial charge in [-0.2, -0.15) is 0 Å². The Bertz CT molecular complexity index is 574. The molecule has 0 aliphatic carbocycles. The molecule has 1 nitrogen and oxygen atoms in total. The number of aromatic amines is 1. The summed E-state index contributed by atoms with van der Waals surface area (Å²) in [5, 5.41) is 1.38. The first-order valence-electron chi connectivity index (χ1n) is 4.31. The fourth-order valence-corrected chi connectivity index (χ4v) is 2.95. The first kappa shape index (κ1) is 7.15. The van der Waals surface area contributed by atoms with Crippen molar-refractivity contribution >= 4 is 31.6 Å². The largest absolute Gasteiger partial charge is 0.360 e. The van der Waals surface area contributed by atoms with E-state index in [1.807, 2.05) is 17.5 Å². The smallest absolute Gasteiger partial charge is 0.0646 e. The summed E-state index contributed by atoms with van der Waals surface area (Å²) < 4.78 is 2.73. The first-order chi connectivity index (χ1) is 6.36. The third-order valence-electron chi connectivity index (χ3n) is 2.41. The second kappa shape index (κ2) is 2.36. The van der Waals surface area contributed by atoms with E-state index in [0.29, 0.717) is 0 Å². The molecular formula is C11H9NS. The van der Waals surface area contributed by atoms with Crippen LogP contribution in [0.1, 0.15) is 5.56 Å². The Kier molecular flexibility index (Phi) is 1.30. The lowest BCUT2D eigenvalue weighted by atomic mass is 10.1. The van der Waals surface area contributed by atoms with Crippen LogP contribution in [0, 0.1) is 6.92 Å². The Balaban J connectivity index is 2.68. The van der Waals surface area contributed by atoms with Crippen molar-refractivity contribution in [1.29, 1.82) is 0 Å². The van der Waals surface area contributed by atoms with Gasteiger partial charge in [-0.3, -0.25) is 0 Å². The van der Waals surface area contributed by atoms with Crippen molar-refractivity contribution in [3.05, 3.63) is 36.0 Å². The molecule has 0 saturated carbocycles. The van der Waals surface area contributed by atoms with Crippen LogP contribution in [-0.2, 0) is 0 Å². The fraction of sp³-hybridized carbons (Fsp3) is 0.0909. The van der Waals surface area contributed by atoms with E-state index in [9.17, 15) is 0 Å². The maximum Gasteiger partial charge on any atom is 0.0646 e. The van der Waals surface area contributed by atoms with Gasteiger partial charge in [0.25, 0.3) is 0 Å². The van der Waals surface area contributed by atoms with Gasteiger partial charge < -0.3 is 4.98 Å². The van der Waals surface area contributed by atoms with Crippen molar-refractivity contribution in [2.75, 3.05) is 0 Å². The van der Waals surface area contributed by atoms with Crippen LogP contribution in [-0.4, -0.2) is 4.98 Å². The quantitative estimate of drug-likeness (QED) is 0.552. The van der Waals surface area contributed by atoms with Crippen molar-refractivity contribution in [1.82, 2.24) is 4.98 Å². The van der Waals surface area contributed by atoms with Crippen molar-refractivity contribution in [3.8, 4) is 0 Å². The Morgan fingerprint density at radius 3 is 3.00 bits per heavy atom. The minimum absolute atomic E-state index is 1.29. The summed E-state index contributed by atoms with van der Waals surface area (Å²) in [4.78, 5) is 3.29. The summed E-state index contributed by atoms with van der Waals surface area (Å²) in [5.74, 6) is 0. The standard InChI is InChI=1S/C11H9NS/c1-7-3-2-4-8-10(7)11-9(13-8)5-6-12-11/h2-6,12H,1H3. The second-order valence-corrected chi connectivity index (χ2v) is 4.35. The number of hydrogen-bond acceptors (Lipinski definition) is 1. The lowest BCUT2D eigenvalue weighted by Gasteiger charge is -1.93. The Morgan fingerprint density at radius 1 is 1.15 bits per heavy atom. The molecule has 0 radical (unpaired) electrons. The number of fused-ring (bicyclic) bond motifs is 3. The average molecular weight is 187 g/mol. The van der Waals surface area contributed by atoms with Gasteiger partial charge in [0.1, 0.15) is 0 Å². The molecule has 2 aromatic heterocycles. The summed E-state index contributed by atoms with van der Waals surface area (Å²) >= 11 is 1.85. The van der Waals surface area contributed by atoms with Gasteiger partial charge in [-0.1, -0.05) is 12.1 Å². The predicted octanol–water partition coefficient (Wildman–Crippen LogP) is 3.69. The van der Waals surface area contributed by atoms with Crippen LogP contribution < -0.4 is 0 Å². The van der Waals surface area contributed by atoms with Crippen molar-refractivity contribution in [2.24, 2.45) is 0 Å². The molecule has 0 bridgehead atoms. The highest BCUT2D eigenvalue weighted by Gasteiger charge is 2.06. The highest BCUT2D eigenvalue weighted by atomic mass is 32.1. The SMILES string of the molecule is Cc1cccc2sc3cc[nH]c3c12. The first-order valence-corrected chi connectivity index (χ1v) is 5.13. The van der Waals surface area contributed by atoms with Crippen LogP contribution in [0.5, 0.6) is 0 Å². The molecular weight excluding hydrogens is 178 g/mol. The highest BCUT2D eigenvalue weighted by Crippen LogP contribution is 2.34. The Morgan fingerprint density at radius 2 is 2.08 bits per heavy atom. The zero-order valence-corrected chi connectivity index (χ0v) is 8.11. The number of nitrogens with one attached hydrogen (secondary N) is 1. The molecule has 0 amide bonds. The second-order valence-electron chi connectivity index (χ2n) is 3.27. The van der Waals surface area contributed by atoms with Crippen LogP contribution in [0.3, 0.4) is 0 Å². The highest BCUT2D eigenvalue weighted by molar-refractivity contribution is 7.25. The third kappa shape index (κ3) is 0.864. The zero-order chi connectivity index (χ0) is 8.84. The number of hydrogen-bond donors (Lipinski definition) is 1. The summed E-state index contributed by atoms with van der Waals surface area (Å²) in [5.41, 5.74) is 2.64. The van der Waals surface area contributed by atoms with Gasteiger partial charge in [0.2, 0.25) is 0 Å². The molecule has 2 heteroatoms. The normalized spacial score (nSPS) is 11.5. The topological polar surface area (TPSA) is 15.8 Å². The van der Waals surface area contributed by atoms with Crippen molar-refractivity contribution in [2.45, 2.75) is 6.92 Å². The monoisotopic (exact) mass is 187 g/mol. The van der Waals surface area contributed by atoms with Gasteiger partial charge in [-0.25, -0.2) is 0 Å². The van der Waals surface area contributed by atoms with Crippen molar-refractivity contribution < 1.29 is 0 Å². The number of benzene rings is 1. The Hall–Kier alpha value is -1.28. The molecule has 1 N–H and O–H groups in total. The summed E-state index contributed by atoms with van der Waals surface area (Å²) in [7, 11) is 0. The number of thiophene rings is 1. The molecule has 64 valence electrons. The van der Waals surface area contributed by atoms with Gasteiger partial charge in [0, 0.05) is 16.3 Å². The summed E-state index contributed by atoms with van der Waals surface area (Å²) in [6.07, 6.45) is 2.01. The average Bonchev–Trinajstić information content (AvgIpc) is 2.62. The zero-order valence-electron chi connectivity index (χ0n) is 7.29. The van der Waals surface area contributed by atoms with E-state index in [-0.39, 0.29) is 0 Å². The number of aryl methyl sites for hydroxylation is 1. The summed E-state index contributed by atoms with van der Waals surface area (Å²) in [6.45, 7) is 2.16. The van der Waals surface area contributed by atoms with Crippen LogP contribution in [0.4, 0.5) is 0 Å². The summed E-state index contributed by atoms with van der Waals surface area (Å²) in [6, 6.07) is 8.60. The minimum Gasteiger partial charge on any atom is -0.360 e. The Labute approximate surface area is 80.0 Å². The van der Waals surface area contributed by atoms with E-state index in [1.165, 1.54) is 25.9 Å². The van der Waals surface area contributed by atoms with Gasteiger partial charge in [0.15, 0.2) is 0 Å². The van der Waals surface area contributed by atoms with Gasteiger partial charge in [-0.05, 0) is 24.6 Å². The molecule has 0 saturated heterocycles. The molecule has 0 aliphatic rings. The molecule has 0 spiro atoms. The number of H-pyrrole nitrogens is 1. The van der Waals surface area contributed by atoms with Crippen LogP contribution >= 0.6 is 11.3 Å². The molecule has 0 fully saturated rings. The van der Waals surface area contributed by atoms with Crippen LogP contribution in [0.25, 0.3) is 20.3 Å². The van der Waals surface area contributed by atoms with Gasteiger partial charge >= 0.3 is 0 Å². The van der Waals surface area contributed by atoms with Crippen LogP contribution in [0.2, 0.25) is 0 Å². The third-order valence-corrected chi connectivity index (χ3v) is 3.53. The lowest BCUT2D eigenvalue weighted by molar-refractivity contribution is 1.48. The fourth-order valence-electron chi connectivity index (χ4n) is 1.80.